The summed E-state index contributed by atoms with van der Waals surface area (Å²) in [7, 11) is -1.49. The lowest BCUT2D eigenvalue weighted by Crippen LogP contribution is -2.40. The Bertz CT molecular complexity index is 360. The van der Waals surface area contributed by atoms with E-state index in [0.717, 1.165) is 12.8 Å². The van der Waals surface area contributed by atoms with Gasteiger partial charge in [0.2, 0.25) is 10.0 Å². The van der Waals surface area contributed by atoms with Gasteiger partial charge in [-0.3, -0.25) is 0 Å². The van der Waals surface area contributed by atoms with E-state index in [1.165, 1.54) is 10.6 Å². The zero-order valence-corrected chi connectivity index (χ0v) is 13.3. The van der Waals surface area contributed by atoms with Crippen molar-refractivity contribution in [2.24, 2.45) is 5.92 Å². The first-order valence-corrected chi connectivity index (χ1v) is 8.98. The molecule has 0 bridgehead atoms. The molecule has 1 aliphatic rings. The minimum atomic E-state index is -3.11. The van der Waals surface area contributed by atoms with Crippen molar-refractivity contribution < 1.29 is 23.0 Å². The monoisotopic (exact) mass is 309 g/mol. The molecule has 2 unspecified atom stereocenters. The van der Waals surface area contributed by atoms with Gasteiger partial charge < -0.3 is 14.6 Å². The minimum absolute atomic E-state index is 0.243. The van der Waals surface area contributed by atoms with Crippen LogP contribution in [0.15, 0.2) is 0 Å². The molecule has 0 aromatic heterocycles. The number of aliphatic hydroxyl groups excluding tert-OH is 1. The summed E-state index contributed by atoms with van der Waals surface area (Å²) in [5.41, 5.74) is 0. The predicted octanol–water partition coefficient (Wildman–Crippen LogP) is 0.462. The molecule has 1 N–H and O–H groups in total. The molecule has 2 atom stereocenters. The highest BCUT2D eigenvalue weighted by atomic mass is 32.2. The number of sulfonamides is 1. The molecule has 0 spiro atoms. The van der Waals surface area contributed by atoms with Crippen molar-refractivity contribution in [3.8, 4) is 0 Å². The molecule has 0 aliphatic carbocycles. The van der Waals surface area contributed by atoms with Gasteiger partial charge in [0.1, 0.15) is 0 Å². The van der Waals surface area contributed by atoms with Gasteiger partial charge in [-0.15, -0.1) is 0 Å². The van der Waals surface area contributed by atoms with Crippen LogP contribution < -0.4 is 0 Å². The smallest absolute Gasteiger partial charge is 0.211 e. The fourth-order valence-corrected chi connectivity index (χ4v) is 3.43. The van der Waals surface area contributed by atoms with Crippen LogP contribution >= 0.6 is 0 Å². The van der Waals surface area contributed by atoms with Crippen LogP contribution in [0.1, 0.15) is 25.7 Å². The van der Waals surface area contributed by atoms with Gasteiger partial charge in [-0.2, -0.15) is 0 Å². The van der Waals surface area contributed by atoms with Crippen molar-refractivity contribution in [3.63, 3.8) is 0 Å². The summed E-state index contributed by atoms with van der Waals surface area (Å²) in [6, 6.07) is 0. The Morgan fingerprint density at radius 2 is 2.10 bits per heavy atom. The van der Waals surface area contributed by atoms with E-state index in [1.807, 2.05) is 0 Å². The third kappa shape index (κ3) is 6.99. The Kier molecular flexibility index (Phi) is 7.98. The summed E-state index contributed by atoms with van der Waals surface area (Å²) in [6.07, 6.45) is 3.89. The Hall–Kier alpha value is -0.210. The highest BCUT2D eigenvalue weighted by Gasteiger charge is 2.27. The van der Waals surface area contributed by atoms with Gasteiger partial charge in [-0.05, 0) is 31.6 Å². The van der Waals surface area contributed by atoms with E-state index in [2.05, 4.69) is 0 Å². The maximum absolute atomic E-state index is 11.5. The molecule has 7 heteroatoms. The molecule has 1 rings (SSSR count). The van der Waals surface area contributed by atoms with Gasteiger partial charge in [0, 0.05) is 26.8 Å². The van der Waals surface area contributed by atoms with E-state index in [0.29, 0.717) is 45.8 Å². The van der Waals surface area contributed by atoms with Crippen molar-refractivity contribution in [3.05, 3.63) is 0 Å². The third-order valence-corrected chi connectivity index (χ3v) is 4.85. The van der Waals surface area contributed by atoms with Crippen molar-refractivity contribution in [1.82, 2.24) is 4.31 Å². The summed E-state index contributed by atoms with van der Waals surface area (Å²) in [6.45, 7) is 2.73. The zero-order chi connectivity index (χ0) is 15.0. The molecule has 0 aromatic rings. The molecule has 1 heterocycles. The molecule has 0 aromatic carbocycles. The summed E-state index contributed by atoms with van der Waals surface area (Å²) < 4.78 is 34.7. The highest BCUT2D eigenvalue weighted by Crippen LogP contribution is 2.23. The van der Waals surface area contributed by atoms with Crippen LogP contribution in [0, 0.1) is 5.92 Å². The van der Waals surface area contributed by atoms with Gasteiger partial charge in [-0.25, -0.2) is 12.7 Å². The highest BCUT2D eigenvalue weighted by molar-refractivity contribution is 7.88. The van der Waals surface area contributed by atoms with E-state index in [-0.39, 0.29) is 5.92 Å². The number of rotatable bonds is 9. The van der Waals surface area contributed by atoms with Gasteiger partial charge in [0.15, 0.2) is 0 Å². The second-order valence-electron chi connectivity index (χ2n) is 5.41. The molecule has 0 radical (unpaired) electrons. The van der Waals surface area contributed by atoms with Crippen molar-refractivity contribution in [1.29, 1.82) is 0 Å². The Balaban J connectivity index is 2.22. The Morgan fingerprint density at radius 3 is 2.75 bits per heavy atom. The molecule has 6 nitrogen and oxygen atoms in total. The summed E-state index contributed by atoms with van der Waals surface area (Å²) >= 11 is 0. The van der Waals surface area contributed by atoms with E-state index in [4.69, 9.17) is 9.47 Å². The number of hydrogen-bond donors (Lipinski definition) is 1. The van der Waals surface area contributed by atoms with Crippen LogP contribution in [0.2, 0.25) is 0 Å². The lowest BCUT2D eigenvalue weighted by molar-refractivity contribution is 0.0392. The van der Waals surface area contributed by atoms with Gasteiger partial charge in [-0.1, -0.05) is 0 Å². The first kappa shape index (κ1) is 17.8. The summed E-state index contributed by atoms with van der Waals surface area (Å²) in [5, 5.41) is 9.97. The van der Waals surface area contributed by atoms with E-state index < -0.39 is 16.1 Å². The van der Waals surface area contributed by atoms with Crippen molar-refractivity contribution >= 4 is 10.0 Å². The van der Waals surface area contributed by atoms with Crippen LogP contribution in [-0.2, 0) is 19.5 Å². The lowest BCUT2D eigenvalue weighted by atomic mass is 9.92. The first-order chi connectivity index (χ1) is 9.43. The number of piperidine rings is 1. The quantitative estimate of drug-likeness (QED) is 0.626. The molecular weight excluding hydrogens is 282 g/mol. The lowest BCUT2D eigenvalue weighted by Gasteiger charge is -2.32. The van der Waals surface area contributed by atoms with Crippen molar-refractivity contribution in [2.45, 2.75) is 31.8 Å². The average Bonchev–Trinajstić information content (AvgIpc) is 2.38. The van der Waals surface area contributed by atoms with Crippen LogP contribution in [0.3, 0.4) is 0 Å². The molecular formula is C13H27NO5S. The van der Waals surface area contributed by atoms with Crippen LogP contribution in [0.4, 0.5) is 0 Å². The predicted molar refractivity (Wildman–Crippen MR) is 77.1 cm³/mol. The molecule has 1 fully saturated rings. The summed E-state index contributed by atoms with van der Waals surface area (Å²) in [4.78, 5) is 0. The summed E-state index contributed by atoms with van der Waals surface area (Å²) in [5.74, 6) is 0.243. The van der Waals surface area contributed by atoms with Crippen LogP contribution in [0.25, 0.3) is 0 Å². The second kappa shape index (κ2) is 8.94. The standard InChI is InChI=1S/C13H27NO5S/c1-18-8-9-19-7-5-13(15)10-12-4-3-6-14(11-12)20(2,16)17/h12-13,15H,3-11H2,1-2H3. The molecule has 120 valence electrons. The zero-order valence-electron chi connectivity index (χ0n) is 12.5. The number of aliphatic hydroxyl groups is 1. The molecule has 1 saturated heterocycles. The molecule has 1 aliphatic heterocycles. The fourth-order valence-electron chi connectivity index (χ4n) is 2.49. The molecule has 20 heavy (non-hydrogen) atoms. The molecule has 0 amide bonds. The number of ether oxygens (including phenoxy) is 2. The van der Waals surface area contributed by atoms with Crippen LogP contribution in [-0.4, -0.2) is 70.2 Å². The molecule has 0 saturated carbocycles. The normalized spacial score (nSPS) is 22.9. The maximum Gasteiger partial charge on any atom is 0.211 e. The van der Waals surface area contributed by atoms with E-state index in [1.54, 1.807) is 7.11 Å². The Labute approximate surface area is 122 Å². The SMILES string of the molecule is COCCOCCC(O)CC1CCCN(S(C)(=O)=O)C1. The first-order valence-electron chi connectivity index (χ1n) is 7.13. The van der Waals surface area contributed by atoms with E-state index in [9.17, 15) is 13.5 Å². The number of methoxy groups -OCH3 is 1. The second-order valence-corrected chi connectivity index (χ2v) is 7.40. The third-order valence-electron chi connectivity index (χ3n) is 3.58. The number of nitrogens with zero attached hydrogens (tertiary/aromatic N) is 1. The number of hydrogen-bond acceptors (Lipinski definition) is 5. The van der Waals surface area contributed by atoms with Crippen LogP contribution in [0.5, 0.6) is 0 Å². The van der Waals surface area contributed by atoms with Gasteiger partial charge in [0.05, 0.1) is 25.6 Å². The van der Waals surface area contributed by atoms with E-state index >= 15 is 0 Å². The average molecular weight is 309 g/mol. The van der Waals surface area contributed by atoms with Gasteiger partial charge in [0.25, 0.3) is 0 Å². The maximum atomic E-state index is 11.5. The van der Waals surface area contributed by atoms with Crippen molar-refractivity contribution in [2.75, 3.05) is 46.3 Å². The largest absolute Gasteiger partial charge is 0.393 e. The topological polar surface area (TPSA) is 76.1 Å². The van der Waals surface area contributed by atoms with Gasteiger partial charge >= 0.3 is 0 Å². The minimum Gasteiger partial charge on any atom is -0.393 e. The Morgan fingerprint density at radius 1 is 1.35 bits per heavy atom. The fraction of sp³-hybridized carbons (Fsp3) is 1.00.